The van der Waals surface area contributed by atoms with E-state index < -0.39 is 5.97 Å². The van der Waals surface area contributed by atoms with Gasteiger partial charge in [-0.05, 0) is 54.3 Å². The Hall–Kier alpha value is -3.64. The molecule has 0 fully saturated rings. The summed E-state index contributed by atoms with van der Waals surface area (Å²) in [4.78, 5) is 32.9. The van der Waals surface area contributed by atoms with Gasteiger partial charge in [-0.2, -0.15) is 0 Å². The van der Waals surface area contributed by atoms with Crippen molar-refractivity contribution < 1.29 is 14.7 Å². The van der Waals surface area contributed by atoms with Gasteiger partial charge in [0.2, 0.25) is 0 Å². The van der Waals surface area contributed by atoms with E-state index in [2.05, 4.69) is 35.7 Å². The number of imidazole rings is 1. The van der Waals surface area contributed by atoms with Crippen molar-refractivity contribution in [3.05, 3.63) is 89.2 Å². The maximum Gasteiger partial charge on any atom is 0.336 e. The van der Waals surface area contributed by atoms with Gasteiger partial charge in [-0.25, -0.2) is 9.78 Å². The molecule has 0 aliphatic heterocycles. The molecular weight excluding hydrogens is 462 g/mol. The SMILES string of the molecule is C=C(/C(=C\C=C/Cl)c1nc2ccccc2[nH]1)c1ccc(C(=O)NC(CCC)CCC)cc1C(=O)O. The Bertz CT molecular complexity index is 1250. The summed E-state index contributed by atoms with van der Waals surface area (Å²) in [5, 5.41) is 13.0. The number of hydrogen-bond acceptors (Lipinski definition) is 3. The van der Waals surface area contributed by atoms with Gasteiger partial charge in [0.15, 0.2) is 0 Å². The van der Waals surface area contributed by atoms with Gasteiger partial charge >= 0.3 is 5.97 Å². The van der Waals surface area contributed by atoms with Crippen molar-refractivity contribution in [2.75, 3.05) is 0 Å². The number of benzene rings is 2. The van der Waals surface area contributed by atoms with Gasteiger partial charge in [-0.15, -0.1) is 0 Å². The summed E-state index contributed by atoms with van der Waals surface area (Å²) in [7, 11) is 0. The minimum atomic E-state index is -1.15. The van der Waals surface area contributed by atoms with E-state index in [0.717, 1.165) is 36.7 Å². The summed E-state index contributed by atoms with van der Waals surface area (Å²) in [6, 6.07) is 12.3. The van der Waals surface area contributed by atoms with Crippen LogP contribution in [0, 0.1) is 0 Å². The molecule has 0 aliphatic carbocycles. The maximum absolute atomic E-state index is 12.9. The second kappa shape index (κ2) is 12.2. The van der Waals surface area contributed by atoms with Crippen LogP contribution in [0.1, 0.15) is 71.6 Å². The number of rotatable bonds is 11. The first-order chi connectivity index (χ1) is 16.9. The van der Waals surface area contributed by atoms with Crippen molar-refractivity contribution in [3.8, 4) is 0 Å². The molecule has 1 aromatic heterocycles. The van der Waals surface area contributed by atoms with Crippen LogP contribution in [0.5, 0.6) is 0 Å². The minimum Gasteiger partial charge on any atom is -0.478 e. The van der Waals surface area contributed by atoms with E-state index in [1.807, 2.05) is 24.3 Å². The lowest BCUT2D eigenvalue weighted by atomic mass is 9.92. The lowest BCUT2D eigenvalue weighted by Crippen LogP contribution is -2.34. The molecule has 182 valence electrons. The molecule has 7 heteroatoms. The van der Waals surface area contributed by atoms with Gasteiger partial charge in [-0.3, -0.25) is 4.79 Å². The Kier molecular flexibility index (Phi) is 9.04. The minimum absolute atomic E-state index is 0.0120. The van der Waals surface area contributed by atoms with Gasteiger partial charge in [0.25, 0.3) is 5.91 Å². The number of carboxylic acid groups (broad SMARTS) is 1. The topological polar surface area (TPSA) is 95.1 Å². The van der Waals surface area contributed by atoms with Gasteiger partial charge < -0.3 is 15.4 Å². The number of nitrogens with one attached hydrogen (secondary N) is 2. The van der Waals surface area contributed by atoms with Crippen LogP contribution >= 0.6 is 11.6 Å². The number of aromatic nitrogens is 2. The standard InChI is InChI=1S/C28H30ClN3O3/c1-4-9-20(10-5-2)30-27(33)19-14-15-21(23(17-19)28(34)35)18(3)22(11-8-16-29)26-31-24-12-6-7-13-25(24)32-26/h6-8,11-17,20H,3-5,9-10H2,1-2H3,(H,30,33)(H,31,32)(H,34,35)/b16-8-,22-11+. The molecule has 0 aliphatic rings. The fraction of sp³-hybridized carbons (Fsp3) is 0.250. The molecule has 6 nitrogen and oxygen atoms in total. The average Bonchev–Trinajstić information content (AvgIpc) is 3.28. The van der Waals surface area contributed by atoms with Crippen LogP contribution in [0.15, 0.2) is 66.7 Å². The molecular formula is C28H30ClN3O3. The van der Waals surface area contributed by atoms with Crippen molar-refractivity contribution in [2.24, 2.45) is 0 Å². The molecule has 3 aromatic rings. The first kappa shape index (κ1) is 26.0. The summed E-state index contributed by atoms with van der Waals surface area (Å²) < 4.78 is 0. The second-order valence-corrected chi connectivity index (χ2v) is 8.55. The number of carbonyl (C=O) groups is 2. The van der Waals surface area contributed by atoms with E-state index in [0.29, 0.717) is 28.1 Å². The van der Waals surface area contributed by atoms with E-state index in [4.69, 9.17) is 11.6 Å². The first-order valence-electron chi connectivity index (χ1n) is 11.7. The molecule has 2 aromatic carbocycles. The zero-order valence-electron chi connectivity index (χ0n) is 20.0. The Balaban J connectivity index is 1.99. The number of halogens is 1. The number of aromatic amines is 1. The van der Waals surface area contributed by atoms with Crippen LogP contribution in [0.25, 0.3) is 22.2 Å². The number of allylic oxidation sites excluding steroid dienone is 4. The molecule has 0 radical (unpaired) electrons. The molecule has 0 saturated carbocycles. The number of aromatic carboxylic acids is 1. The quantitative estimate of drug-likeness (QED) is 0.257. The van der Waals surface area contributed by atoms with Crippen LogP contribution in [0.3, 0.4) is 0 Å². The van der Waals surface area contributed by atoms with Crippen molar-refractivity contribution in [1.29, 1.82) is 0 Å². The number of H-pyrrole nitrogens is 1. The van der Waals surface area contributed by atoms with Crippen LogP contribution in [0.4, 0.5) is 0 Å². The molecule has 0 saturated heterocycles. The highest BCUT2D eigenvalue weighted by molar-refractivity contribution is 6.25. The van der Waals surface area contributed by atoms with Crippen molar-refractivity contribution in [3.63, 3.8) is 0 Å². The summed E-state index contributed by atoms with van der Waals surface area (Å²) in [6.07, 6.45) is 7.01. The summed E-state index contributed by atoms with van der Waals surface area (Å²) in [5.74, 6) is -0.896. The Labute approximate surface area is 210 Å². The van der Waals surface area contributed by atoms with E-state index in [9.17, 15) is 14.7 Å². The molecule has 0 bridgehead atoms. The highest BCUT2D eigenvalue weighted by Gasteiger charge is 2.21. The monoisotopic (exact) mass is 491 g/mol. The number of hydrogen-bond donors (Lipinski definition) is 3. The second-order valence-electron chi connectivity index (χ2n) is 8.29. The van der Waals surface area contributed by atoms with Crippen LogP contribution < -0.4 is 5.32 Å². The van der Waals surface area contributed by atoms with Crippen molar-refractivity contribution in [1.82, 2.24) is 15.3 Å². The number of carboxylic acids is 1. The lowest BCUT2D eigenvalue weighted by molar-refractivity contribution is 0.0696. The number of para-hydroxylation sites is 2. The number of carbonyl (C=O) groups excluding carboxylic acids is 1. The first-order valence-corrected chi connectivity index (χ1v) is 12.1. The van der Waals surface area contributed by atoms with Gasteiger partial charge in [0.1, 0.15) is 5.82 Å². The zero-order chi connectivity index (χ0) is 25.4. The van der Waals surface area contributed by atoms with E-state index in [-0.39, 0.29) is 17.5 Å². The molecule has 0 spiro atoms. The van der Waals surface area contributed by atoms with Crippen LogP contribution in [-0.4, -0.2) is 33.0 Å². The number of nitrogens with zero attached hydrogens (tertiary/aromatic N) is 1. The highest BCUT2D eigenvalue weighted by atomic mass is 35.5. The predicted octanol–water partition coefficient (Wildman–Crippen LogP) is 6.81. The van der Waals surface area contributed by atoms with E-state index in [1.54, 1.807) is 24.3 Å². The van der Waals surface area contributed by atoms with Gasteiger partial charge in [0, 0.05) is 22.7 Å². The van der Waals surface area contributed by atoms with Crippen LogP contribution in [0.2, 0.25) is 0 Å². The fourth-order valence-corrected chi connectivity index (χ4v) is 4.13. The Morgan fingerprint density at radius 2 is 1.86 bits per heavy atom. The zero-order valence-corrected chi connectivity index (χ0v) is 20.7. The third-order valence-electron chi connectivity index (χ3n) is 5.75. The lowest BCUT2D eigenvalue weighted by Gasteiger charge is -2.18. The highest BCUT2D eigenvalue weighted by Crippen LogP contribution is 2.32. The summed E-state index contributed by atoms with van der Waals surface area (Å²) in [5.41, 5.74) is 4.67. The van der Waals surface area contributed by atoms with E-state index in [1.165, 1.54) is 11.6 Å². The van der Waals surface area contributed by atoms with Crippen LogP contribution in [-0.2, 0) is 0 Å². The van der Waals surface area contributed by atoms with Crippen molar-refractivity contribution in [2.45, 2.75) is 45.6 Å². The molecule has 3 N–H and O–H groups in total. The fourth-order valence-electron chi connectivity index (χ4n) is 4.06. The largest absolute Gasteiger partial charge is 0.478 e. The smallest absolute Gasteiger partial charge is 0.336 e. The third kappa shape index (κ3) is 6.28. The third-order valence-corrected chi connectivity index (χ3v) is 5.90. The molecule has 0 atom stereocenters. The Morgan fingerprint density at radius 1 is 1.14 bits per heavy atom. The number of amides is 1. The van der Waals surface area contributed by atoms with Gasteiger partial charge in [0.05, 0.1) is 16.6 Å². The number of fused-ring (bicyclic) bond motifs is 1. The summed E-state index contributed by atoms with van der Waals surface area (Å²) in [6.45, 7) is 8.32. The molecule has 35 heavy (non-hydrogen) atoms. The normalized spacial score (nSPS) is 11.9. The maximum atomic E-state index is 12.9. The molecule has 0 unspecified atom stereocenters. The predicted molar refractivity (Wildman–Crippen MR) is 143 cm³/mol. The average molecular weight is 492 g/mol. The molecule has 3 rings (SSSR count). The van der Waals surface area contributed by atoms with E-state index >= 15 is 0 Å². The Morgan fingerprint density at radius 3 is 2.49 bits per heavy atom. The molecule has 1 heterocycles. The molecule has 1 amide bonds. The van der Waals surface area contributed by atoms with Crippen molar-refractivity contribution >= 4 is 45.7 Å². The van der Waals surface area contributed by atoms with Gasteiger partial charge in [-0.1, -0.05) is 69.1 Å². The summed E-state index contributed by atoms with van der Waals surface area (Å²) >= 11 is 5.76.